The summed E-state index contributed by atoms with van der Waals surface area (Å²) in [6.45, 7) is 9.56. The molecule has 3 nitrogen and oxygen atoms in total. The number of hydrogen-bond acceptors (Lipinski definition) is 3. The lowest BCUT2D eigenvalue weighted by atomic mass is 9.45. The van der Waals surface area contributed by atoms with E-state index in [4.69, 9.17) is 4.74 Å². The molecular formula is C22H36O3. The lowest BCUT2D eigenvalue weighted by Crippen LogP contribution is -2.53. The highest BCUT2D eigenvalue weighted by Crippen LogP contribution is 2.64. The zero-order valence-electron chi connectivity index (χ0n) is 16.6. The Morgan fingerprint density at radius 1 is 1.24 bits per heavy atom. The molecule has 0 aromatic rings. The molecule has 0 spiro atoms. The molecule has 0 aliphatic heterocycles. The lowest BCUT2D eigenvalue weighted by Gasteiger charge is -2.60. The summed E-state index contributed by atoms with van der Waals surface area (Å²) in [5.74, 6) is 1.16. The van der Waals surface area contributed by atoms with Gasteiger partial charge < -0.3 is 9.84 Å². The normalized spacial score (nSPS) is 43.6. The van der Waals surface area contributed by atoms with E-state index in [1.54, 1.807) is 5.57 Å². The molecule has 1 N–H and O–H groups in total. The van der Waals surface area contributed by atoms with Crippen LogP contribution in [0.25, 0.3) is 0 Å². The van der Waals surface area contributed by atoms with Crippen molar-refractivity contribution in [3.63, 3.8) is 0 Å². The first-order chi connectivity index (χ1) is 11.7. The molecule has 0 saturated heterocycles. The third kappa shape index (κ3) is 3.41. The van der Waals surface area contributed by atoms with E-state index in [0.29, 0.717) is 23.9 Å². The molecule has 3 aliphatic carbocycles. The topological polar surface area (TPSA) is 46.5 Å². The predicted octanol–water partition coefficient (Wildman–Crippen LogP) is 4.88. The van der Waals surface area contributed by atoms with Gasteiger partial charge in [0, 0.05) is 18.9 Å². The van der Waals surface area contributed by atoms with Crippen molar-refractivity contribution in [2.24, 2.45) is 28.1 Å². The predicted molar refractivity (Wildman–Crippen MR) is 100 cm³/mol. The van der Waals surface area contributed by atoms with Crippen LogP contribution in [0.4, 0.5) is 0 Å². The van der Waals surface area contributed by atoms with E-state index in [0.717, 1.165) is 6.42 Å². The van der Waals surface area contributed by atoms with Crippen molar-refractivity contribution in [3.05, 3.63) is 11.6 Å². The van der Waals surface area contributed by atoms with Gasteiger partial charge in [-0.15, -0.1) is 0 Å². The number of allylic oxidation sites excluding steroid dienone is 2. The van der Waals surface area contributed by atoms with Gasteiger partial charge in [-0.05, 0) is 67.6 Å². The maximum atomic E-state index is 11.4. The Balaban J connectivity index is 1.85. The Labute approximate surface area is 153 Å². The molecule has 0 bridgehead atoms. The summed E-state index contributed by atoms with van der Waals surface area (Å²) < 4.78 is 5.50. The third-order valence-electron chi connectivity index (χ3n) is 7.89. The van der Waals surface area contributed by atoms with Crippen LogP contribution >= 0.6 is 0 Å². The minimum Gasteiger partial charge on any atom is -0.465 e. The SMILES string of the molecule is CC(=O)OC[C@]1(C)CCC[C@]2(C)[C@H]3CC[C@](C)(CCO)C=C3CC[C@@H]12. The molecule has 0 aromatic carbocycles. The van der Waals surface area contributed by atoms with Gasteiger partial charge in [0.05, 0.1) is 6.61 Å². The first-order valence-corrected chi connectivity index (χ1v) is 10.2. The second-order valence-electron chi connectivity index (χ2n) is 9.82. The van der Waals surface area contributed by atoms with E-state index >= 15 is 0 Å². The van der Waals surface area contributed by atoms with Crippen molar-refractivity contribution in [2.45, 2.75) is 79.1 Å². The third-order valence-corrected chi connectivity index (χ3v) is 7.89. The van der Waals surface area contributed by atoms with Gasteiger partial charge >= 0.3 is 5.97 Å². The molecule has 25 heavy (non-hydrogen) atoms. The molecule has 0 aromatic heterocycles. The Kier molecular flexibility index (Phi) is 5.09. The van der Waals surface area contributed by atoms with Crippen molar-refractivity contribution in [2.75, 3.05) is 13.2 Å². The maximum Gasteiger partial charge on any atom is 0.302 e. The fourth-order valence-corrected chi connectivity index (χ4v) is 6.60. The monoisotopic (exact) mass is 348 g/mol. The van der Waals surface area contributed by atoms with Crippen LogP contribution in [-0.2, 0) is 9.53 Å². The lowest BCUT2D eigenvalue weighted by molar-refractivity contribution is -0.153. The zero-order valence-corrected chi connectivity index (χ0v) is 16.6. The van der Waals surface area contributed by atoms with E-state index in [9.17, 15) is 9.90 Å². The summed E-state index contributed by atoms with van der Waals surface area (Å²) in [6.07, 6.45) is 11.9. The van der Waals surface area contributed by atoms with E-state index < -0.39 is 0 Å². The summed E-state index contributed by atoms with van der Waals surface area (Å²) in [7, 11) is 0. The first-order valence-electron chi connectivity index (χ1n) is 10.2. The molecule has 0 radical (unpaired) electrons. The quantitative estimate of drug-likeness (QED) is 0.582. The first kappa shape index (κ1) is 18.9. The van der Waals surface area contributed by atoms with E-state index in [-0.39, 0.29) is 23.4 Å². The van der Waals surface area contributed by atoms with E-state index in [1.165, 1.54) is 51.9 Å². The molecule has 3 rings (SSSR count). The number of ether oxygens (including phenoxy) is 1. The van der Waals surface area contributed by atoms with Crippen molar-refractivity contribution in [3.8, 4) is 0 Å². The molecule has 2 saturated carbocycles. The molecule has 2 fully saturated rings. The maximum absolute atomic E-state index is 11.4. The molecule has 0 amide bonds. The van der Waals surface area contributed by atoms with Crippen molar-refractivity contribution in [1.29, 1.82) is 0 Å². The van der Waals surface area contributed by atoms with Crippen LogP contribution in [0.15, 0.2) is 11.6 Å². The number of aliphatic hydroxyl groups excluding tert-OH is 1. The Hall–Kier alpha value is -0.830. The van der Waals surface area contributed by atoms with Crippen molar-refractivity contribution >= 4 is 5.97 Å². The van der Waals surface area contributed by atoms with Crippen LogP contribution in [0.1, 0.15) is 79.1 Å². The average Bonchev–Trinajstić information content (AvgIpc) is 2.52. The van der Waals surface area contributed by atoms with Crippen LogP contribution in [0.5, 0.6) is 0 Å². The Morgan fingerprint density at radius 3 is 2.68 bits per heavy atom. The molecule has 142 valence electrons. The van der Waals surface area contributed by atoms with Crippen LogP contribution in [0.2, 0.25) is 0 Å². The van der Waals surface area contributed by atoms with Gasteiger partial charge in [-0.2, -0.15) is 0 Å². The zero-order chi connectivity index (χ0) is 18.3. The van der Waals surface area contributed by atoms with E-state index in [1.807, 2.05) is 0 Å². The Bertz CT molecular complexity index is 553. The molecule has 0 unspecified atom stereocenters. The summed E-state index contributed by atoms with van der Waals surface area (Å²) in [5.41, 5.74) is 2.28. The highest BCUT2D eigenvalue weighted by Gasteiger charge is 2.56. The van der Waals surface area contributed by atoms with Gasteiger partial charge in [0.2, 0.25) is 0 Å². The number of esters is 1. The van der Waals surface area contributed by atoms with Gasteiger partial charge in [-0.25, -0.2) is 0 Å². The number of carbonyl (C=O) groups excluding carboxylic acids is 1. The van der Waals surface area contributed by atoms with Crippen LogP contribution in [-0.4, -0.2) is 24.3 Å². The molecule has 0 heterocycles. The highest BCUT2D eigenvalue weighted by atomic mass is 16.5. The van der Waals surface area contributed by atoms with E-state index in [2.05, 4.69) is 26.8 Å². The van der Waals surface area contributed by atoms with Gasteiger partial charge in [0.1, 0.15) is 0 Å². The smallest absolute Gasteiger partial charge is 0.302 e. The number of aliphatic hydroxyl groups is 1. The van der Waals surface area contributed by atoms with Crippen LogP contribution < -0.4 is 0 Å². The summed E-state index contributed by atoms with van der Waals surface area (Å²) in [6, 6.07) is 0. The second-order valence-corrected chi connectivity index (χ2v) is 9.82. The second kappa shape index (κ2) is 6.72. The molecular weight excluding hydrogens is 312 g/mol. The minimum absolute atomic E-state index is 0.121. The number of fused-ring (bicyclic) bond motifs is 3. The van der Waals surface area contributed by atoms with Gasteiger partial charge in [-0.1, -0.05) is 38.8 Å². The van der Waals surface area contributed by atoms with Crippen molar-refractivity contribution in [1.82, 2.24) is 0 Å². The number of hydrogen-bond donors (Lipinski definition) is 1. The summed E-state index contributed by atoms with van der Waals surface area (Å²) >= 11 is 0. The van der Waals surface area contributed by atoms with Crippen molar-refractivity contribution < 1.29 is 14.6 Å². The molecule has 3 heteroatoms. The minimum atomic E-state index is -0.151. The fourth-order valence-electron chi connectivity index (χ4n) is 6.60. The Morgan fingerprint density at radius 2 is 2.00 bits per heavy atom. The van der Waals surface area contributed by atoms with Crippen LogP contribution in [0, 0.1) is 28.1 Å². The summed E-state index contributed by atoms with van der Waals surface area (Å²) in [4.78, 5) is 11.4. The van der Waals surface area contributed by atoms with Gasteiger partial charge in [0.15, 0.2) is 0 Å². The number of rotatable bonds is 4. The number of carbonyl (C=O) groups is 1. The highest BCUT2D eigenvalue weighted by molar-refractivity contribution is 5.65. The van der Waals surface area contributed by atoms with Gasteiger partial charge in [-0.3, -0.25) is 4.79 Å². The fraction of sp³-hybridized carbons (Fsp3) is 0.864. The standard InChI is InChI=1S/C22H36O3/c1-16(24)25-15-21(3)9-5-10-22(4)18-8-11-20(2,12-13-23)14-17(18)6-7-19(21)22/h14,18-19,23H,5-13,15H2,1-4H3/t18-,19-,20+,21-,22+/m0/s1. The molecule has 3 aliphatic rings. The largest absolute Gasteiger partial charge is 0.465 e. The van der Waals surface area contributed by atoms with Crippen LogP contribution in [0.3, 0.4) is 0 Å². The average molecular weight is 349 g/mol. The molecule has 5 atom stereocenters. The van der Waals surface area contributed by atoms with Gasteiger partial charge in [0.25, 0.3) is 0 Å². The summed E-state index contributed by atoms with van der Waals surface area (Å²) in [5, 5.41) is 9.42.